The van der Waals surface area contributed by atoms with Crippen LogP contribution in [0.1, 0.15) is 24.5 Å². The highest BCUT2D eigenvalue weighted by atomic mass is 14.9. The van der Waals surface area contributed by atoms with Gasteiger partial charge < -0.3 is 11.1 Å². The molecule has 0 heterocycles. The van der Waals surface area contributed by atoms with Gasteiger partial charge >= 0.3 is 0 Å². The summed E-state index contributed by atoms with van der Waals surface area (Å²) in [6.45, 7) is 6.05. The molecule has 0 aliphatic rings. The summed E-state index contributed by atoms with van der Waals surface area (Å²) in [5, 5.41) is 3.40. The van der Waals surface area contributed by atoms with Gasteiger partial charge in [-0.1, -0.05) is 24.3 Å². The van der Waals surface area contributed by atoms with E-state index in [1.807, 2.05) is 0 Å². The molecule has 1 aromatic carbocycles. The second-order valence-electron chi connectivity index (χ2n) is 4.12. The third-order valence-electron chi connectivity index (χ3n) is 2.73. The minimum atomic E-state index is 0.432. The first-order valence-corrected chi connectivity index (χ1v) is 5.72. The van der Waals surface area contributed by atoms with Gasteiger partial charge in [-0.25, -0.2) is 0 Å². The van der Waals surface area contributed by atoms with Crippen LogP contribution in [-0.2, 0) is 6.42 Å². The van der Waals surface area contributed by atoms with Gasteiger partial charge in [0, 0.05) is 12.6 Å². The largest absolute Gasteiger partial charge is 0.329 e. The Kier molecular flexibility index (Phi) is 5.37. The van der Waals surface area contributed by atoms with E-state index in [9.17, 15) is 0 Å². The van der Waals surface area contributed by atoms with Crippen LogP contribution in [0.4, 0.5) is 0 Å². The Morgan fingerprint density at radius 1 is 1.33 bits per heavy atom. The number of benzene rings is 1. The van der Waals surface area contributed by atoms with E-state index in [1.165, 1.54) is 17.5 Å². The molecule has 84 valence electrons. The van der Waals surface area contributed by atoms with Gasteiger partial charge in [-0.15, -0.1) is 0 Å². The molecule has 2 heteroatoms. The number of nitrogens with one attached hydrogen (secondary N) is 1. The third kappa shape index (κ3) is 4.45. The molecule has 0 saturated carbocycles. The first kappa shape index (κ1) is 12.2. The summed E-state index contributed by atoms with van der Waals surface area (Å²) in [7, 11) is 0. The van der Waals surface area contributed by atoms with Crippen molar-refractivity contribution in [1.29, 1.82) is 0 Å². The van der Waals surface area contributed by atoms with Crippen molar-refractivity contribution in [2.45, 2.75) is 32.7 Å². The Morgan fingerprint density at radius 2 is 2.07 bits per heavy atom. The van der Waals surface area contributed by atoms with Crippen molar-refractivity contribution in [3.05, 3.63) is 35.4 Å². The van der Waals surface area contributed by atoms with Crippen LogP contribution in [0.5, 0.6) is 0 Å². The molecule has 2 nitrogen and oxygen atoms in total. The van der Waals surface area contributed by atoms with Crippen LogP contribution in [0.25, 0.3) is 0 Å². The molecule has 0 amide bonds. The zero-order valence-corrected chi connectivity index (χ0v) is 9.79. The van der Waals surface area contributed by atoms with Gasteiger partial charge in [0.25, 0.3) is 0 Å². The Hall–Kier alpha value is -0.860. The Morgan fingerprint density at radius 3 is 2.73 bits per heavy atom. The lowest BCUT2D eigenvalue weighted by Gasteiger charge is -2.11. The molecule has 0 radical (unpaired) electrons. The highest BCUT2D eigenvalue weighted by Crippen LogP contribution is 2.08. The lowest BCUT2D eigenvalue weighted by Crippen LogP contribution is -2.33. The van der Waals surface area contributed by atoms with Gasteiger partial charge in [0.05, 0.1) is 0 Å². The predicted molar refractivity (Wildman–Crippen MR) is 66.0 cm³/mol. The van der Waals surface area contributed by atoms with E-state index in [-0.39, 0.29) is 0 Å². The van der Waals surface area contributed by atoms with Crippen LogP contribution < -0.4 is 11.1 Å². The van der Waals surface area contributed by atoms with E-state index in [4.69, 9.17) is 5.73 Å². The van der Waals surface area contributed by atoms with Gasteiger partial charge in [-0.3, -0.25) is 0 Å². The second-order valence-corrected chi connectivity index (χ2v) is 4.12. The van der Waals surface area contributed by atoms with Crippen molar-refractivity contribution in [2.75, 3.05) is 13.1 Å². The van der Waals surface area contributed by atoms with E-state index < -0.39 is 0 Å². The number of hydrogen-bond donors (Lipinski definition) is 2. The van der Waals surface area contributed by atoms with Crippen LogP contribution in [0.2, 0.25) is 0 Å². The Labute approximate surface area is 92.9 Å². The van der Waals surface area contributed by atoms with Crippen LogP contribution in [0.15, 0.2) is 24.3 Å². The lowest BCUT2D eigenvalue weighted by molar-refractivity contribution is 0.543. The minimum absolute atomic E-state index is 0.432. The van der Waals surface area contributed by atoms with E-state index >= 15 is 0 Å². The van der Waals surface area contributed by atoms with Crippen LogP contribution in [0, 0.1) is 6.92 Å². The number of aryl methyl sites for hydroxylation is 2. The Balaban J connectivity index is 2.23. The van der Waals surface area contributed by atoms with Gasteiger partial charge in [0.2, 0.25) is 0 Å². The average Bonchev–Trinajstić information content (AvgIpc) is 2.26. The van der Waals surface area contributed by atoms with Gasteiger partial charge in [0.15, 0.2) is 0 Å². The summed E-state index contributed by atoms with van der Waals surface area (Å²) in [6.07, 6.45) is 2.33. The van der Waals surface area contributed by atoms with Gasteiger partial charge in [-0.2, -0.15) is 0 Å². The zero-order valence-electron chi connectivity index (χ0n) is 9.79. The standard InChI is InChI=1S/C13H22N2/c1-11-6-3-4-7-13(11)8-5-9-15-12(2)10-14/h3-4,6-7,12,15H,5,8-10,14H2,1-2H3. The first-order chi connectivity index (χ1) is 7.24. The van der Waals surface area contributed by atoms with Gasteiger partial charge in [0.1, 0.15) is 0 Å². The summed E-state index contributed by atoms with van der Waals surface area (Å²) in [5.74, 6) is 0. The maximum atomic E-state index is 5.53. The molecule has 0 aliphatic carbocycles. The smallest absolute Gasteiger partial charge is 0.0161 e. The zero-order chi connectivity index (χ0) is 11.1. The molecule has 1 aromatic rings. The highest BCUT2D eigenvalue weighted by molar-refractivity contribution is 5.25. The van der Waals surface area contributed by atoms with Crippen molar-refractivity contribution in [3.8, 4) is 0 Å². The van der Waals surface area contributed by atoms with E-state index in [0.717, 1.165) is 13.0 Å². The minimum Gasteiger partial charge on any atom is -0.329 e. The fourth-order valence-electron chi connectivity index (χ4n) is 1.60. The second kappa shape index (κ2) is 6.59. The van der Waals surface area contributed by atoms with Crippen molar-refractivity contribution in [2.24, 2.45) is 5.73 Å². The maximum Gasteiger partial charge on any atom is 0.0161 e. The van der Waals surface area contributed by atoms with E-state index in [0.29, 0.717) is 12.6 Å². The highest BCUT2D eigenvalue weighted by Gasteiger charge is 1.99. The topological polar surface area (TPSA) is 38.0 Å². The van der Waals surface area contributed by atoms with Crippen molar-refractivity contribution in [1.82, 2.24) is 5.32 Å². The SMILES string of the molecule is Cc1ccccc1CCCNC(C)CN. The molecule has 0 saturated heterocycles. The van der Waals surface area contributed by atoms with Gasteiger partial charge in [-0.05, 0) is 44.4 Å². The molecule has 0 aliphatic heterocycles. The molecule has 1 unspecified atom stereocenters. The van der Waals surface area contributed by atoms with Crippen molar-refractivity contribution < 1.29 is 0 Å². The summed E-state index contributed by atoms with van der Waals surface area (Å²) >= 11 is 0. The summed E-state index contributed by atoms with van der Waals surface area (Å²) in [6, 6.07) is 9.01. The van der Waals surface area contributed by atoms with Crippen LogP contribution >= 0.6 is 0 Å². The third-order valence-corrected chi connectivity index (χ3v) is 2.73. The van der Waals surface area contributed by atoms with Crippen LogP contribution in [-0.4, -0.2) is 19.1 Å². The molecular weight excluding hydrogens is 184 g/mol. The number of rotatable bonds is 6. The molecule has 15 heavy (non-hydrogen) atoms. The number of nitrogens with two attached hydrogens (primary N) is 1. The fraction of sp³-hybridized carbons (Fsp3) is 0.538. The quantitative estimate of drug-likeness (QED) is 0.697. The monoisotopic (exact) mass is 206 g/mol. The molecular formula is C13H22N2. The maximum absolute atomic E-state index is 5.53. The molecule has 0 fully saturated rings. The van der Waals surface area contributed by atoms with E-state index in [1.54, 1.807) is 0 Å². The molecule has 0 bridgehead atoms. The predicted octanol–water partition coefficient (Wildman–Crippen LogP) is 1.86. The van der Waals surface area contributed by atoms with Crippen molar-refractivity contribution >= 4 is 0 Å². The summed E-state index contributed by atoms with van der Waals surface area (Å²) in [5.41, 5.74) is 8.38. The lowest BCUT2D eigenvalue weighted by atomic mass is 10.0. The van der Waals surface area contributed by atoms with E-state index in [2.05, 4.69) is 43.4 Å². The molecule has 0 aromatic heterocycles. The van der Waals surface area contributed by atoms with Crippen LogP contribution in [0.3, 0.4) is 0 Å². The molecule has 3 N–H and O–H groups in total. The molecule has 1 rings (SSSR count). The fourth-order valence-corrected chi connectivity index (χ4v) is 1.60. The first-order valence-electron chi connectivity index (χ1n) is 5.72. The normalized spacial score (nSPS) is 12.7. The molecule has 0 spiro atoms. The average molecular weight is 206 g/mol. The van der Waals surface area contributed by atoms with Crippen molar-refractivity contribution in [3.63, 3.8) is 0 Å². The molecule has 1 atom stereocenters. The Bertz CT molecular complexity index is 284. The number of hydrogen-bond acceptors (Lipinski definition) is 2. The summed E-state index contributed by atoms with van der Waals surface area (Å²) in [4.78, 5) is 0. The summed E-state index contributed by atoms with van der Waals surface area (Å²) < 4.78 is 0.